The molecule has 5 saturated carbocycles. The van der Waals surface area contributed by atoms with Gasteiger partial charge in [-0.1, -0.05) is 34.6 Å². The molecule has 0 aromatic heterocycles. The summed E-state index contributed by atoms with van der Waals surface area (Å²) in [5.41, 5.74) is -0.718. The number of aliphatic hydroxyl groups is 2. The van der Waals surface area contributed by atoms with Gasteiger partial charge >= 0.3 is 6.09 Å². The lowest BCUT2D eigenvalue weighted by Crippen LogP contribution is -2.60. The van der Waals surface area contributed by atoms with Gasteiger partial charge in [-0.3, -0.25) is 0 Å². The number of hydrogen-bond acceptors (Lipinski definition) is 6. The van der Waals surface area contributed by atoms with E-state index in [-0.39, 0.29) is 46.1 Å². The van der Waals surface area contributed by atoms with Crippen molar-refractivity contribution < 1.29 is 29.2 Å². The van der Waals surface area contributed by atoms with E-state index in [9.17, 15) is 15.0 Å². The molecule has 0 unspecified atom stereocenters. The van der Waals surface area contributed by atoms with Gasteiger partial charge in [-0.2, -0.15) is 0 Å². The summed E-state index contributed by atoms with van der Waals surface area (Å²) in [6.45, 7) is 19.8. The average Bonchev–Trinajstić information content (AvgIpc) is 3.52. The van der Waals surface area contributed by atoms with Crippen LogP contribution < -0.4 is 0 Å². The molecule has 7 aliphatic rings. The van der Waals surface area contributed by atoms with Crippen molar-refractivity contribution in [3.63, 3.8) is 0 Å². The number of fused-ring (bicyclic) bond motifs is 4. The number of likely N-dealkylation sites (tertiary alicyclic amines) is 1. The number of amides is 1. The first kappa shape index (κ1) is 30.7. The number of hydrogen-bond donors (Lipinski definition) is 2. The lowest BCUT2D eigenvalue weighted by atomic mass is 9.41. The lowest BCUT2D eigenvalue weighted by molar-refractivity contribution is -0.215. The van der Waals surface area contributed by atoms with Crippen LogP contribution in [0.5, 0.6) is 0 Å². The van der Waals surface area contributed by atoms with Crippen LogP contribution >= 0.6 is 0 Å². The first-order chi connectivity index (χ1) is 20.1. The zero-order valence-corrected chi connectivity index (χ0v) is 28.2. The molecule has 2 heterocycles. The Balaban J connectivity index is 1.16. The van der Waals surface area contributed by atoms with Crippen LogP contribution in [-0.4, -0.2) is 77.0 Å². The van der Waals surface area contributed by atoms with Crippen molar-refractivity contribution in [1.82, 2.24) is 4.90 Å². The Morgan fingerprint density at radius 3 is 2.35 bits per heavy atom. The van der Waals surface area contributed by atoms with E-state index in [1.54, 1.807) is 0 Å². The Labute approximate surface area is 259 Å². The molecule has 1 amide bonds. The molecule has 13 atom stereocenters. The minimum absolute atomic E-state index is 0.00329. The summed E-state index contributed by atoms with van der Waals surface area (Å²) >= 11 is 0. The van der Waals surface area contributed by atoms with Crippen LogP contribution in [0.25, 0.3) is 0 Å². The number of carbonyl (C=O) groups excluding carboxylic acids is 1. The number of nitrogens with zero attached hydrogens (tertiary/aromatic N) is 1. The summed E-state index contributed by atoms with van der Waals surface area (Å²) in [5.74, 6) is 1.69. The second kappa shape index (κ2) is 9.58. The van der Waals surface area contributed by atoms with Crippen LogP contribution in [-0.2, 0) is 14.2 Å². The van der Waals surface area contributed by atoms with E-state index >= 15 is 0 Å². The smallest absolute Gasteiger partial charge is 0.410 e. The molecule has 7 heteroatoms. The van der Waals surface area contributed by atoms with Gasteiger partial charge in [0.1, 0.15) is 12.2 Å². The fourth-order valence-electron chi connectivity index (χ4n) is 13.4. The molecular weight excluding hydrogens is 542 g/mol. The summed E-state index contributed by atoms with van der Waals surface area (Å²) in [7, 11) is 0. The highest BCUT2D eigenvalue weighted by Gasteiger charge is 2.84. The second-order valence-electron chi connectivity index (χ2n) is 17.8. The van der Waals surface area contributed by atoms with Crippen molar-refractivity contribution in [3.05, 3.63) is 0 Å². The third-order valence-electron chi connectivity index (χ3n) is 15.5. The van der Waals surface area contributed by atoms with Gasteiger partial charge in [-0.15, -0.1) is 0 Å². The first-order valence-electron chi connectivity index (χ1n) is 17.7. The summed E-state index contributed by atoms with van der Waals surface area (Å²) in [5, 5.41) is 23.5. The van der Waals surface area contributed by atoms with E-state index in [4.69, 9.17) is 14.2 Å². The predicted octanol–water partition coefficient (Wildman–Crippen LogP) is 6.19. The fourth-order valence-corrected chi connectivity index (χ4v) is 13.4. The topological polar surface area (TPSA) is 88.5 Å². The normalized spacial score (nSPS) is 52.0. The van der Waals surface area contributed by atoms with Crippen LogP contribution in [0.4, 0.5) is 4.79 Å². The molecule has 2 spiro atoms. The van der Waals surface area contributed by atoms with Crippen molar-refractivity contribution >= 4 is 6.09 Å². The van der Waals surface area contributed by atoms with E-state index < -0.39 is 17.8 Å². The van der Waals surface area contributed by atoms with Crippen molar-refractivity contribution in [2.45, 2.75) is 149 Å². The van der Waals surface area contributed by atoms with Gasteiger partial charge in [0.2, 0.25) is 0 Å². The molecule has 43 heavy (non-hydrogen) atoms. The van der Waals surface area contributed by atoms with Crippen LogP contribution in [0.1, 0.15) is 113 Å². The van der Waals surface area contributed by atoms with E-state index in [2.05, 4.69) is 34.6 Å². The van der Waals surface area contributed by atoms with E-state index in [0.29, 0.717) is 35.7 Å². The molecular formula is C36H59NO6. The molecule has 2 saturated heterocycles. The van der Waals surface area contributed by atoms with Gasteiger partial charge in [0.25, 0.3) is 0 Å². The lowest BCUT2D eigenvalue weighted by Gasteiger charge is -2.63. The standard InChI is InChI=1S/C36H59NO6/c1-9-41-29(32(5,6)40)22-19-21(2)26-27(42-22)28(38)34(8)24-12-11-23-31(3,4)25(43-30(39)37-17-10-18-37)13-14-35(23)20-36(24,35)16-15-33(26,34)7/h21-29,38,40H,9-20H2,1-8H3/t21-,22-,23+,24+,25+,26+,27+,28+,29+,33-,34-,35-,36+/m1/s1. The number of aliphatic hydroxyl groups excluding tert-OH is 1. The van der Waals surface area contributed by atoms with Crippen LogP contribution in [0.2, 0.25) is 0 Å². The van der Waals surface area contributed by atoms with Crippen molar-refractivity contribution in [3.8, 4) is 0 Å². The van der Waals surface area contributed by atoms with Gasteiger partial charge in [-0.25, -0.2) is 4.79 Å². The third-order valence-corrected chi connectivity index (χ3v) is 15.5. The maximum Gasteiger partial charge on any atom is 0.410 e. The monoisotopic (exact) mass is 601 g/mol. The van der Waals surface area contributed by atoms with Crippen molar-refractivity contribution in [2.75, 3.05) is 19.7 Å². The highest BCUT2D eigenvalue weighted by molar-refractivity contribution is 5.68. The van der Waals surface area contributed by atoms with E-state index in [0.717, 1.165) is 58.0 Å². The second-order valence-corrected chi connectivity index (χ2v) is 17.8. The number of ether oxygens (including phenoxy) is 3. The van der Waals surface area contributed by atoms with Crippen LogP contribution in [0.3, 0.4) is 0 Å². The van der Waals surface area contributed by atoms with Gasteiger partial charge in [0.05, 0.1) is 23.9 Å². The zero-order valence-electron chi connectivity index (χ0n) is 28.2. The molecule has 2 N–H and O–H groups in total. The highest BCUT2D eigenvalue weighted by atomic mass is 16.6. The molecule has 0 bridgehead atoms. The largest absolute Gasteiger partial charge is 0.446 e. The van der Waals surface area contributed by atoms with Gasteiger partial charge in [0, 0.05) is 30.5 Å². The van der Waals surface area contributed by atoms with Gasteiger partial charge < -0.3 is 29.3 Å². The van der Waals surface area contributed by atoms with Crippen LogP contribution in [0.15, 0.2) is 0 Å². The molecule has 0 aromatic carbocycles. The highest BCUT2D eigenvalue weighted by Crippen LogP contribution is 2.89. The average molecular weight is 602 g/mol. The third kappa shape index (κ3) is 3.83. The van der Waals surface area contributed by atoms with E-state index in [1.165, 1.54) is 12.8 Å². The number of rotatable bonds is 5. The summed E-state index contributed by atoms with van der Waals surface area (Å²) < 4.78 is 19.2. The number of carbonyl (C=O) groups is 1. The Morgan fingerprint density at radius 2 is 1.72 bits per heavy atom. The molecule has 7 fully saturated rings. The Morgan fingerprint density at radius 1 is 1.05 bits per heavy atom. The molecule has 0 aromatic rings. The van der Waals surface area contributed by atoms with Gasteiger partial charge in [0.15, 0.2) is 0 Å². The molecule has 7 rings (SSSR count). The quantitative estimate of drug-likeness (QED) is 0.391. The molecule has 2 aliphatic heterocycles. The summed E-state index contributed by atoms with van der Waals surface area (Å²) in [6.07, 6.45) is 8.41. The minimum Gasteiger partial charge on any atom is -0.446 e. The maximum absolute atomic E-state index is 12.8. The molecule has 7 nitrogen and oxygen atoms in total. The van der Waals surface area contributed by atoms with Crippen LogP contribution in [0, 0.1) is 50.7 Å². The minimum atomic E-state index is -1.02. The Hall–Kier alpha value is -0.890. The summed E-state index contributed by atoms with van der Waals surface area (Å²) in [4.78, 5) is 14.7. The van der Waals surface area contributed by atoms with Crippen molar-refractivity contribution in [1.29, 1.82) is 0 Å². The SMILES string of the molecule is CCO[C@@H]([C@H]1C[C@@H](C)[C@H]2[C@H](O1)[C@H](O)[C@@]1(C)[C@@H]3CC[C@H]4C(C)(C)[C@@H](OC(=O)N5CCC5)CC[C@@]45C[C@@]35CC[C@]21C)C(C)(C)O. The maximum atomic E-state index is 12.8. The molecule has 0 radical (unpaired) electrons. The summed E-state index contributed by atoms with van der Waals surface area (Å²) in [6, 6.07) is 0. The molecule has 244 valence electrons. The fraction of sp³-hybridized carbons (Fsp3) is 0.972. The van der Waals surface area contributed by atoms with E-state index in [1.807, 2.05) is 25.7 Å². The first-order valence-corrected chi connectivity index (χ1v) is 17.7. The van der Waals surface area contributed by atoms with Crippen molar-refractivity contribution in [2.24, 2.45) is 50.7 Å². The predicted molar refractivity (Wildman–Crippen MR) is 164 cm³/mol. The Bertz CT molecular complexity index is 1130. The Kier molecular flexibility index (Phi) is 6.85. The molecule has 5 aliphatic carbocycles. The van der Waals surface area contributed by atoms with Gasteiger partial charge in [-0.05, 0) is 118 Å². The zero-order chi connectivity index (χ0) is 31.0.